The molecular formula is C13H23N5O. The molecule has 0 saturated heterocycles. The molecule has 2 N–H and O–H groups in total. The average molecular weight is 265 g/mol. The van der Waals surface area contributed by atoms with Crippen molar-refractivity contribution in [1.29, 1.82) is 0 Å². The van der Waals surface area contributed by atoms with Crippen LogP contribution in [0.2, 0.25) is 0 Å². The molecular weight excluding hydrogens is 242 g/mol. The van der Waals surface area contributed by atoms with E-state index >= 15 is 0 Å². The Balaban J connectivity index is 1.96. The fourth-order valence-corrected chi connectivity index (χ4v) is 2.49. The van der Waals surface area contributed by atoms with Gasteiger partial charge >= 0.3 is 6.01 Å². The number of nitrogens with one attached hydrogen (secondary N) is 2. The number of anilines is 2. The fourth-order valence-electron chi connectivity index (χ4n) is 2.49. The van der Waals surface area contributed by atoms with Crippen molar-refractivity contribution in [2.75, 3.05) is 30.8 Å². The van der Waals surface area contributed by atoms with E-state index in [1.165, 1.54) is 19.3 Å². The summed E-state index contributed by atoms with van der Waals surface area (Å²) in [5.41, 5.74) is 0. The third-order valence-corrected chi connectivity index (χ3v) is 3.46. The van der Waals surface area contributed by atoms with Crippen molar-refractivity contribution in [1.82, 2.24) is 15.0 Å². The maximum Gasteiger partial charge on any atom is 0.323 e. The summed E-state index contributed by atoms with van der Waals surface area (Å²) in [6.45, 7) is 5.70. The highest BCUT2D eigenvalue weighted by Gasteiger charge is 2.21. The Morgan fingerprint density at radius 2 is 2.00 bits per heavy atom. The fraction of sp³-hybridized carbons (Fsp3) is 0.769. The van der Waals surface area contributed by atoms with Crippen LogP contribution in [0.4, 0.5) is 11.9 Å². The van der Waals surface area contributed by atoms with Crippen LogP contribution in [0.25, 0.3) is 0 Å². The lowest BCUT2D eigenvalue weighted by atomic mass is 10.1. The topological polar surface area (TPSA) is 72.0 Å². The Morgan fingerprint density at radius 1 is 1.21 bits per heavy atom. The van der Waals surface area contributed by atoms with Gasteiger partial charge in [0.15, 0.2) is 0 Å². The predicted molar refractivity (Wildman–Crippen MR) is 75.5 cm³/mol. The Morgan fingerprint density at radius 3 is 2.63 bits per heavy atom. The molecule has 19 heavy (non-hydrogen) atoms. The average Bonchev–Trinajstić information content (AvgIpc) is 2.82. The van der Waals surface area contributed by atoms with Gasteiger partial charge in [0, 0.05) is 13.6 Å². The zero-order chi connectivity index (χ0) is 13.7. The summed E-state index contributed by atoms with van der Waals surface area (Å²) in [5.74, 6) is 2.68. The van der Waals surface area contributed by atoms with Crippen molar-refractivity contribution in [3.63, 3.8) is 0 Å². The summed E-state index contributed by atoms with van der Waals surface area (Å²) in [4.78, 5) is 12.7. The minimum Gasteiger partial charge on any atom is -0.464 e. The quantitative estimate of drug-likeness (QED) is 0.821. The van der Waals surface area contributed by atoms with Gasteiger partial charge in [-0.2, -0.15) is 15.0 Å². The first-order valence-corrected chi connectivity index (χ1v) is 7.01. The Bertz CT molecular complexity index is 412. The molecule has 2 rings (SSSR count). The second-order valence-electron chi connectivity index (χ2n) is 5.11. The molecule has 1 aromatic rings. The summed E-state index contributed by atoms with van der Waals surface area (Å²) >= 11 is 0. The van der Waals surface area contributed by atoms with Crippen LogP contribution in [-0.4, -0.2) is 35.2 Å². The molecule has 0 aliphatic heterocycles. The maximum absolute atomic E-state index is 5.34. The third-order valence-electron chi connectivity index (χ3n) is 3.46. The largest absolute Gasteiger partial charge is 0.464 e. The number of hydrogen-bond donors (Lipinski definition) is 2. The van der Waals surface area contributed by atoms with Crippen LogP contribution in [0, 0.1) is 11.8 Å². The Kier molecular flexibility index (Phi) is 4.76. The molecule has 1 saturated carbocycles. The lowest BCUT2D eigenvalue weighted by Gasteiger charge is -2.12. The molecule has 0 radical (unpaired) electrons. The lowest BCUT2D eigenvalue weighted by Crippen LogP contribution is -2.15. The molecule has 1 aliphatic carbocycles. The molecule has 6 heteroatoms. The first kappa shape index (κ1) is 13.8. The highest BCUT2D eigenvalue weighted by Crippen LogP contribution is 2.30. The summed E-state index contributed by atoms with van der Waals surface area (Å²) < 4.78 is 5.34. The van der Waals surface area contributed by atoms with Gasteiger partial charge in [-0.3, -0.25) is 0 Å². The molecule has 106 valence electrons. The Hall–Kier alpha value is -1.59. The molecule has 0 amide bonds. The minimum atomic E-state index is 0.365. The molecule has 1 aromatic heterocycles. The van der Waals surface area contributed by atoms with Crippen molar-refractivity contribution in [2.45, 2.75) is 33.1 Å². The summed E-state index contributed by atoms with van der Waals surface area (Å²) in [6, 6.07) is 0.365. The number of aromatic nitrogens is 3. The molecule has 0 spiro atoms. The van der Waals surface area contributed by atoms with Crippen molar-refractivity contribution in [2.24, 2.45) is 11.8 Å². The van der Waals surface area contributed by atoms with Gasteiger partial charge in [-0.05, 0) is 31.6 Å². The van der Waals surface area contributed by atoms with Gasteiger partial charge in [0.2, 0.25) is 11.9 Å². The van der Waals surface area contributed by atoms with Crippen LogP contribution in [0.5, 0.6) is 6.01 Å². The first-order chi connectivity index (χ1) is 9.21. The molecule has 1 heterocycles. The van der Waals surface area contributed by atoms with E-state index in [2.05, 4.69) is 32.5 Å². The minimum absolute atomic E-state index is 0.365. The van der Waals surface area contributed by atoms with E-state index < -0.39 is 0 Å². The van der Waals surface area contributed by atoms with Crippen LogP contribution in [0.3, 0.4) is 0 Å². The molecule has 2 unspecified atom stereocenters. The predicted octanol–water partition coefficient (Wildman–Crippen LogP) is 2.16. The molecule has 6 nitrogen and oxygen atoms in total. The third kappa shape index (κ3) is 3.94. The van der Waals surface area contributed by atoms with Crippen molar-refractivity contribution >= 4 is 11.9 Å². The van der Waals surface area contributed by atoms with E-state index in [0.29, 0.717) is 24.5 Å². The summed E-state index contributed by atoms with van der Waals surface area (Å²) in [5, 5.41) is 6.22. The molecule has 1 aliphatic rings. The van der Waals surface area contributed by atoms with Gasteiger partial charge in [-0.1, -0.05) is 13.3 Å². The van der Waals surface area contributed by atoms with E-state index in [-0.39, 0.29) is 0 Å². The summed E-state index contributed by atoms with van der Waals surface area (Å²) in [6.07, 6.45) is 3.90. The van der Waals surface area contributed by atoms with E-state index in [4.69, 9.17) is 4.74 Å². The second-order valence-corrected chi connectivity index (χ2v) is 5.11. The highest BCUT2D eigenvalue weighted by molar-refractivity contribution is 5.35. The van der Waals surface area contributed by atoms with E-state index in [0.717, 1.165) is 18.4 Å². The maximum atomic E-state index is 5.34. The monoisotopic (exact) mass is 265 g/mol. The van der Waals surface area contributed by atoms with Crippen LogP contribution in [0.15, 0.2) is 0 Å². The van der Waals surface area contributed by atoms with Crippen LogP contribution in [-0.2, 0) is 0 Å². The molecule has 1 fully saturated rings. The van der Waals surface area contributed by atoms with Gasteiger partial charge in [0.25, 0.3) is 0 Å². The van der Waals surface area contributed by atoms with Gasteiger partial charge in [0.1, 0.15) is 0 Å². The highest BCUT2D eigenvalue weighted by atomic mass is 16.5. The number of rotatable bonds is 6. The zero-order valence-electron chi connectivity index (χ0n) is 11.9. The summed E-state index contributed by atoms with van der Waals surface area (Å²) in [7, 11) is 1.79. The second kappa shape index (κ2) is 6.54. The SMILES string of the molecule is CCOc1nc(NC)nc(NCC2CCC(C)C2)n1. The number of nitrogens with zero attached hydrogens (tertiary/aromatic N) is 3. The molecule has 2 atom stereocenters. The van der Waals surface area contributed by atoms with Crippen molar-refractivity contribution < 1.29 is 4.74 Å². The van der Waals surface area contributed by atoms with Crippen molar-refractivity contribution in [3.8, 4) is 6.01 Å². The van der Waals surface area contributed by atoms with Gasteiger partial charge in [-0.15, -0.1) is 0 Å². The molecule has 0 bridgehead atoms. The van der Waals surface area contributed by atoms with Crippen LogP contribution < -0.4 is 15.4 Å². The van der Waals surface area contributed by atoms with Crippen LogP contribution in [0.1, 0.15) is 33.1 Å². The number of ether oxygens (including phenoxy) is 1. The van der Waals surface area contributed by atoms with Crippen molar-refractivity contribution in [3.05, 3.63) is 0 Å². The van der Waals surface area contributed by atoms with Gasteiger partial charge < -0.3 is 15.4 Å². The lowest BCUT2D eigenvalue weighted by molar-refractivity contribution is 0.312. The normalized spacial score (nSPS) is 22.3. The molecule has 0 aromatic carbocycles. The van der Waals surface area contributed by atoms with E-state index in [1.54, 1.807) is 7.05 Å². The van der Waals surface area contributed by atoms with E-state index in [9.17, 15) is 0 Å². The standard InChI is InChI=1S/C13H23N5O/c1-4-19-13-17-11(14-3)16-12(18-13)15-8-10-6-5-9(2)7-10/h9-10H,4-8H2,1-3H3,(H2,14,15,16,17,18). The number of hydrogen-bond acceptors (Lipinski definition) is 6. The Labute approximate surface area is 114 Å². The van der Waals surface area contributed by atoms with Gasteiger partial charge in [0.05, 0.1) is 6.61 Å². The smallest absolute Gasteiger partial charge is 0.323 e. The zero-order valence-corrected chi connectivity index (χ0v) is 11.9. The van der Waals surface area contributed by atoms with Crippen LogP contribution >= 0.6 is 0 Å². The van der Waals surface area contributed by atoms with Gasteiger partial charge in [-0.25, -0.2) is 0 Å². The van der Waals surface area contributed by atoms with E-state index in [1.807, 2.05) is 6.92 Å². The first-order valence-electron chi connectivity index (χ1n) is 7.01.